The van der Waals surface area contributed by atoms with Gasteiger partial charge < -0.3 is 15.7 Å². The molecule has 0 fully saturated rings. The van der Waals surface area contributed by atoms with Crippen molar-refractivity contribution in [2.24, 2.45) is 5.92 Å². The van der Waals surface area contributed by atoms with E-state index in [-0.39, 0.29) is 11.8 Å². The molecular weight excluding hydrogens is 244 g/mol. The first-order chi connectivity index (χ1) is 8.99. The fraction of sp³-hybridized carbons (Fsp3) is 0.429. The molecule has 5 heteroatoms. The van der Waals surface area contributed by atoms with Crippen molar-refractivity contribution in [3.8, 4) is 0 Å². The third-order valence-corrected chi connectivity index (χ3v) is 3.32. The molecule has 1 unspecified atom stereocenters. The van der Waals surface area contributed by atoms with Gasteiger partial charge in [0.2, 0.25) is 0 Å². The molecule has 0 bridgehead atoms. The lowest BCUT2D eigenvalue weighted by Gasteiger charge is -2.18. The van der Waals surface area contributed by atoms with Crippen LogP contribution in [0.4, 0.5) is 0 Å². The lowest BCUT2D eigenvalue weighted by atomic mass is 10.0. The zero-order valence-electron chi connectivity index (χ0n) is 11.1. The number of carbonyl (C=O) groups excluding carboxylic acids is 1. The van der Waals surface area contributed by atoms with Crippen molar-refractivity contribution in [3.63, 3.8) is 0 Å². The van der Waals surface area contributed by atoms with E-state index in [1.165, 1.54) is 5.56 Å². The molecule has 0 saturated carbocycles. The van der Waals surface area contributed by atoms with E-state index in [2.05, 4.69) is 10.6 Å². The summed E-state index contributed by atoms with van der Waals surface area (Å²) in [4.78, 5) is 23.1. The second-order valence-electron chi connectivity index (χ2n) is 5.12. The van der Waals surface area contributed by atoms with Crippen LogP contribution < -0.4 is 10.6 Å². The van der Waals surface area contributed by atoms with Crippen LogP contribution in [0.1, 0.15) is 35.3 Å². The van der Waals surface area contributed by atoms with E-state index >= 15 is 0 Å². The van der Waals surface area contributed by atoms with Gasteiger partial charge in [0, 0.05) is 18.7 Å². The van der Waals surface area contributed by atoms with Crippen molar-refractivity contribution in [2.45, 2.75) is 33.0 Å². The SMILES string of the molecule is CC(C)C(NC(=O)c1ccc2c(c1)CNC2)C(=O)O. The summed E-state index contributed by atoms with van der Waals surface area (Å²) in [6, 6.07) is 4.61. The highest BCUT2D eigenvalue weighted by Crippen LogP contribution is 2.17. The maximum Gasteiger partial charge on any atom is 0.326 e. The second-order valence-corrected chi connectivity index (χ2v) is 5.12. The first kappa shape index (κ1) is 13.5. The molecule has 1 aromatic rings. The van der Waals surface area contributed by atoms with Gasteiger partial charge in [0.25, 0.3) is 5.91 Å². The van der Waals surface area contributed by atoms with Crippen molar-refractivity contribution in [2.75, 3.05) is 0 Å². The minimum absolute atomic E-state index is 0.155. The zero-order valence-corrected chi connectivity index (χ0v) is 11.1. The average Bonchev–Trinajstić information content (AvgIpc) is 2.81. The Morgan fingerprint density at radius 3 is 2.58 bits per heavy atom. The molecule has 1 aliphatic rings. The molecule has 3 N–H and O–H groups in total. The molecule has 5 nitrogen and oxygen atoms in total. The minimum atomic E-state index is -1.01. The number of carboxylic acid groups (broad SMARTS) is 1. The van der Waals surface area contributed by atoms with Gasteiger partial charge in [-0.25, -0.2) is 4.79 Å². The second kappa shape index (κ2) is 5.40. The summed E-state index contributed by atoms with van der Waals surface area (Å²) in [7, 11) is 0. The summed E-state index contributed by atoms with van der Waals surface area (Å²) in [5.41, 5.74) is 2.80. The van der Waals surface area contributed by atoms with Gasteiger partial charge in [-0.3, -0.25) is 4.79 Å². The van der Waals surface area contributed by atoms with E-state index < -0.39 is 12.0 Å². The van der Waals surface area contributed by atoms with E-state index in [1.807, 2.05) is 12.1 Å². The fourth-order valence-corrected chi connectivity index (χ4v) is 2.17. The van der Waals surface area contributed by atoms with E-state index in [9.17, 15) is 9.59 Å². The van der Waals surface area contributed by atoms with Crippen LogP contribution in [0.3, 0.4) is 0 Å². The van der Waals surface area contributed by atoms with E-state index in [0.29, 0.717) is 5.56 Å². The summed E-state index contributed by atoms with van der Waals surface area (Å²) in [6.45, 7) is 5.11. The van der Waals surface area contributed by atoms with E-state index in [1.54, 1.807) is 19.9 Å². The topological polar surface area (TPSA) is 78.4 Å². The molecule has 0 radical (unpaired) electrons. The molecule has 0 saturated heterocycles. The highest BCUT2D eigenvalue weighted by Gasteiger charge is 2.24. The lowest BCUT2D eigenvalue weighted by Crippen LogP contribution is -2.44. The minimum Gasteiger partial charge on any atom is -0.480 e. The van der Waals surface area contributed by atoms with E-state index in [4.69, 9.17) is 5.11 Å². The molecular formula is C14H18N2O3. The normalized spacial score (nSPS) is 15.1. The molecule has 0 spiro atoms. The molecule has 19 heavy (non-hydrogen) atoms. The quantitative estimate of drug-likeness (QED) is 0.760. The first-order valence-corrected chi connectivity index (χ1v) is 6.35. The number of hydrogen-bond donors (Lipinski definition) is 3. The van der Waals surface area contributed by atoms with Crippen molar-refractivity contribution in [1.29, 1.82) is 0 Å². The number of amides is 1. The molecule has 1 aliphatic heterocycles. The van der Waals surface area contributed by atoms with Crippen LogP contribution in [0.5, 0.6) is 0 Å². The van der Waals surface area contributed by atoms with Crippen LogP contribution >= 0.6 is 0 Å². The third kappa shape index (κ3) is 2.93. The highest BCUT2D eigenvalue weighted by atomic mass is 16.4. The number of carboxylic acids is 1. The van der Waals surface area contributed by atoms with Gasteiger partial charge in [0.1, 0.15) is 6.04 Å². The predicted octanol–water partition coefficient (Wildman–Crippen LogP) is 1.13. The van der Waals surface area contributed by atoms with Crippen LogP contribution in [-0.4, -0.2) is 23.0 Å². The van der Waals surface area contributed by atoms with Gasteiger partial charge in [-0.2, -0.15) is 0 Å². The fourth-order valence-electron chi connectivity index (χ4n) is 2.17. The molecule has 2 rings (SSSR count). The number of hydrogen-bond acceptors (Lipinski definition) is 3. The summed E-state index contributed by atoms with van der Waals surface area (Å²) >= 11 is 0. The highest BCUT2D eigenvalue weighted by molar-refractivity contribution is 5.96. The number of aliphatic carboxylic acids is 1. The molecule has 0 aromatic heterocycles. The van der Waals surface area contributed by atoms with Gasteiger partial charge in [-0.15, -0.1) is 0 Å². The van der Waals surface area contributed by atoms with Crippen molar-refractivity contribution < 1.29 is 14.7 Å². The van der Waals surface area contributed by atoms with Gasteiger partial charge >= 0.3 is 5.97 Å². The van der Waals surface area contributed by atoms with Crippen LogP contribution in [0.25, 0.3) is 0 Å². The van der Waals surface area contributed by atoms with Gasteiger partial charge in [-0.1, -0.05) is 19.9 Å². The van der Waals surface area contributed by atoms with Crippen LogP contribution in [-0.2, 0) is 17.9 Å². The van der Waals surface area contributed by atoms with Crippen LogP contribution in [0, 0.1) is 5.92 Å². The summed E-state index contributed by atoms with van der Waals surface area (Å²) in [6.07, 6.45) is 0. The Morgan fingerprint density at radius 1 is 1.26 bits per heavy atom. The molecule has 0 aliphatic carbocycles. The summed E-state index contributed by atoms with van der Waals surface area (Å²) < 4.78 is 0. The van der Waals surface area contributed by atoms with Crippen molar-refractivity contribution in [1.82, 2.24) is 10.6 Å². The largest absolute Gasteiger partial charge is 0.480 e. The molecule has 1 heterocycles. The predicted molar refractivity (Wildman–Crippen MR) is 70.7 cm³/mol. The number of nitrogens with one attached hydrogen (secondary N) is 2. The number of benzene rings is 1. The Kier molecular flexibility index (Phi) is 3.85. The molecule has 102 valence electrons. The number of rotatable bonds is 4. The van der Waals surface area contributed by atoms with Crippen LogP contribution in [0.2, 0.25) is 0 Å². The van der Waals surface area contributed by atoms with Crippen molar-refractivity contribution in [3.05, 3.63) is 34.9 Å². The Morgan fingerprint density at radius 2 is 1.95 bits per heavy atom. The standard InChI is InChI=1S/C14H18N2O3/c1-8(2)12(14(18)19)16-13(17)9-3-4-10-6-15-7-11(10)5-9/h3-5,8,12,15H,6-7H2,1-2H3,(H,16,17)(H,18,19). The Hall–Kier alpha value is -1.88. The maximum absolute atomic E-state index is 12.1. The van der Waals surface area contributed by atoms with Crippen LogP contribution in [0.15, 0.2) is 18.2 Å². The number of fused-ring (bicyclic) bond motifs is 1. The van der Waals surface area contributed by atoms with Gasteiger partial charge in [0.15, 0.2) is 0 Å². The van der Waals surface area contributed by atoms with Gasteiger partial charge in [0.05, 0.1) is 0 Å². The summed E-state index contributed by atoms with van der Waals surface area (Å²) in [5, 5.41) is 14.8. The Balaban J connectivity index is 2.13. The maximum atomic E-state index is 12.1. The van der Waals surface area contributed by atoms with Gasteiger partial charge in [-0.05, 0) is 29.2 Å². The molecule has 1 atom stereocenters. The monoisotopic (exact) mass is 262 g/mol. The smallest absolute Gasteiger partial charge is 0.326 e. The zero-order chi connectivity index (χ0) is 14.0. The third-order valence-electron chi connectivity index (χ3n) is 3.32. The number of carbonyl (C=O) groups is 2. The van der Waals surface area contributed by atoms with Crippen molar-refractivity contribution >= 4 is 11.9 Å². The first-order valence-electron chi connectivity index (χ1n) is 6.35. The summed E-state index contributed by atoms with van der Waals surface area (Å²) in [5.74, 6) is -1.50. The molecule has 1 amide bonds. The average molecular weight is 262 g/mol. The van der Waals surface area contributed by atoms with E-state index in [0.717, 1.165) is 18.7 Å². The Labute approximate surface area is 112 Å². The Bertz CT molecular complexity index is 511. The lowest BCUT2D eigenvalue weighted by molar-refractivity contribution is -0.140. The molecule has 1 aromatic carbocycles.